The molecule has 1 aromatic heterocycles. The third-order valence-electron chi connectivity index (χ3n) is 4.11. The molecule has 1 saturated heterocycles. The highest BCUT2D eigenvalue weighted by Gasteiger charge is 2.26. The summed E-state index contributed by atoms with van der Waals surface area (Å²) in [4.78, 5) is 18.4. The van der Waals surface area contributed by atoms with Gasteiger partial charge in [0.05, 0.1) is 18.5 Å². The van der Waals surface area contributed by atoms with Gasteiger partial charge < -0.3 is 4.74 Å². The van der Waals surface area contributed by atoms with E-state index in [9.17, 15) is 4.79 Å². The molecule has 1 unspecified atom stereocenters. The van der Waals surface area contributed by atoms with E-state index < -0.39 is 0 Å². The number of hydrogen-bond acceptors (Lipinski definition) is 4. The third-order valence-corrected chi connectivity index (χ3v) is 4.11. The lowest BCUT2D eigenvalue weighted by Crippen LogP contribution is -2.38. The van der Waals surface area contributed by atoms with E-state index in [1.54, 1.807) is 0 Å². The summed E-state index contributed by atoms with van der Waals surface area (Å²) in [5, 5.41) is 1.16. The number of rotatable bonds is 3. The molecule has 0 spiro atoms. The van der Waals surface area contributed by atoms with E-state index in [-0.39, 0.29) is 11.9 Å². The third kappa shape index (κ3) is 3.22. The number of pyridine rings is 1. The number of ether oxygens (including phenoxy) is 1. The van der Waals surface area contributed by atoms with Crippen molar-refractivity contribution in [2.24, 2.45) is 5.92 Å². The number of carbonyl (C=O) groups is 1. The van der Waals surface area contributed by atoms with Crippen molar-refractivity contribution in [3.63, 3.8) is 0 Å². The number of esters is 1. The Balaban J connectivity index is 1.71. The van der Waals surface area contributed by atoms with Crippen LogP contribution >= 0.6 is 0 Å². The molecule has 1 aliphatic heterocycles. The van der Waals surface area contributed by atoms with Crippen molar-refractivity contribution in [2.75, 3.05) is 20.2 Å². The number of piperidine rings is 1. The zero-order valence-corrected chi connectivity index (χ0v) is 12.3. The zero-order valence-electron chi connectivity index (χ0n) is 12.3. The summed E-state index contributed by atoms with van der Waals surface area (Å²) in [5.41, 5.74) is 2.29. The van der Waals surface area contributed by atoms with Crippen molar-refractivity contribution >= 4 is 16.9 Å². The lowest BCUT2D eigenvalue weighted by atomic mass is 9.97. The first-order valence-corrected chi connectivity index (χ1v) is 7.40. The molecule has 4 heteroatoms. The maximum absolute atomic E-state index is 11.7. The molecule has 21 heavy (non-hydrogen) atoms. The molecule has 1 aromatic carbocycles. The summed E-state index contributed by atoms with van der Waals surface area (Å²) in [5.74, 6) is -0.0618. The first kappa shape index (κ1) is 14.0. The second-order valence-corrected chi connectivity index (χ2v) is 5.63. The summed E-state index contributed by atoms with van der Waals surface area (Å²) < 4.78 is 4.87. The lowest BCUT2D eigenvalue weighted by molar-refractivity contribution is -0.147. The minimum atomic E-state index is -0.0811. The maximum atomic E-state index is 11.7. The Kier molecular flexibility index (Phi) is 4.15. The SMILES string of the molecule is COC(=O)C1CCCN(Cc2ccc3ncccc3c2)C1. The number of likely N-dealkylation sites (tertiary alicyclic amines) is 1. The Labute approximate surface area is 124 Å². The number of nitrogens with zero attached hydrogens (tertiary/aromatic N) is 2. The van der Waals surface area contributed by atoms with Crippen LogP contribution in [0.4, 0.5) is 0 Å². The fourth-order valence-electron chi connectivity index (χ4n) is 3.04. The summed E-state index contributed by atoms with van der Waals surface area (Å²) in [6, 6.07) is 10.4. The quantitative estimate of drug-likeness (QED) is 0.813. The minimum absolute atomic E-state index is 0.0193. The predicted octanol–water partition coefficient (Wildman–Crippen LogP) is 2.62. The fourth-order valence-corrected chi connectivity index (χ4v) is 3.04. The van der Waals surface area contributed by atoms with E-state index in [0.29, 0.717) is 0 Å². The number of fused-ring (bicyclic) bond motifs is 1. The molecule has 0 N–H and O–H groups in total. The van der Waals surface area contributed by atoms with Crippen LogP contribution in [0.25, 0.3) is 10.9 Å². The van der Waals surface area contributed by atoms with Crippen LogP contribution in [0.3, 0.4) is 0 Å². The normalized spacial score (nSPS) is 19.6. The van der Waals surface area contributed by atoms with Gasteiger partial charge >= 0.3 is 5.97 Å². The summed E-state index contributed by atoms with van der Waals surface area (Å²) in [7, 11) is 1.47. The van der Waals surface area contributed by atoms with Crippen molar-refractivity contribution in [3.05, 3.63) is 42.1 Å². The standard InChI is InChI=1S/C17H20N2O2/c1-21-17(20)15-5-3-9-19(12-15)11-13-6-7-16-14(10-13)4-2-8-18-16/h2,4,6-8,10,15H,3,5,9,11-12H2,1H3. The highest BCUT2D eigenvalue weighted by molar-refractivity contribution is 5.78. The van der Waals surface area contributed by atoms with Gasteiger partial charge in [0, 0.05) is 24.7 Å². The second-order valence-electron chi connectivity index (χ2n) is 5.63. The lowest BCUT2D eigenvalue weighted by Gasteiger charge is -2.31. The summed E-state index contributed by atoms with van der Waals surface area (Å²) in [6.45, 7) is 2.70. The monoisotopic (exact) mass is 284 g/mol. The largest absolute Gasteiger partial charge is 0.469 e. The van der Waals surface area contributed by atoms with E-state index in [1.165, 1.54) is 12.7 Å². The number of methoxy groups -OCH3 is 1. The van der Waals surface area contributed by atoms with Gasteiger partial charge in [0.25, 0.3) is 0 Å². The Morgan fingerprint density at radius 2 is 2.33 bits per heavy atom. The van der Waals surface area contributed by atoms with Crippen LogP contribution in [0.1, 0.15) is 18.4 Å². The van der Waals surface area contributed by atoms with Crippen molar-refractivity contribution in [3.8, 4) is 0 Å². The van der Waals surface area contributed by atoms with Crippen LogP contribution in [0.5, 0.6) is 0 Å². The molecular weight excluding hydrogens is 264 g/mol. The topological polar surface area (TPSA) is 42.4 Å². The van der Waals surface area contributed by atoms with Crippen molar-refractivity contribution < 1.29 is 9.53 Å². The van der Waals surface area contributed by atoms with Crippen molar-refractivity contribution in [1.82, 2.24) is 9.88 Å². The van der Waals surface area contributed by atoms with Gasteiger partial charge in [-0.15, -0.1) is 0 Å². The number of hydrogen-bond donors (Lipinski definition) is 0. The Hall–Kier alpha value is -1.94. The zero-order chi connectivity index (χ0) is 14.7. The molecular formula is C17H20N2O2. The van der Waals surface area contributed by atoms with Crippen LogP contribution < -0.4 is 0 Å². The van der Waals surface area contributed by atoms with Crippen molar-refractivity contribution in [2.45, 2.75) is 19.4 Å². The van der Waals surface area contributed by atoms with Crippen LogP contribution in [0.15, 0.2) is 36.5 Å². The molecule has 1 atom stereocenters. The molecule has 0 radical (unpaired) electrons. The van der Waals surface area contributed by atoms with Crippen LogP contribution in [-0.4, -0.2) is 36.1 Å². The van der Waals surface area contributed by atoms with Crippen LogP contribution in [0, 0.1) is 5.92 Å². The molecule has 0 aliphatic carbocycles. The van der Waals surface area contributed by atoms with Crippen LogP contribution in [0.2, 0.25) is 0 Å². The Morgan fingerprint density at radius 1 is 1.43 bits per heavy atom. The molecule has 3 rings (SSSR count). The maximum Gasteiger partial charge on any atom is 0.309 e. The summed E-state index contributed by atoms with van der Waals surface area (Å²) >= 11 is 0. The molecule has 0 saturated carbocycles. The Bertz CT molecular complexity index is 641. The van der Waals surface area contributed by atoms with Gasteiger partial charge in [0.2, 0.25) is 0 Å². The van der Waals surface area contributed by atoms with Gasteiger partial charge in [-0.1, -0.05) is 12.1 Å². The first-order valence-electron chi connectivity index (χ1n) is 7.40. The van der Waals surface area contributed by atoms with Crippen LogP contribution in [-0.2, 0) is 16.1 Å². The number of carbonyl (C=O) groups excluding carboxylic acids is 1. The number of aromatic nitrogens is 1. The van der Waals surface area contributed by atoms with Gasteiger partial charge in [0.1, 0.15) is 0 Å². The summed E-state index contributed by atoms with van der Waals surface area (Å²) in [6.07, 6.45) is 3.80. The molecule has 0 bridgehead atoms. The highest BCUT2D eigenvalue weighted by Crippen LogP contribution is 2.21. The molecule has 2 heterocycles. The van der Waals surface area contributed by atoms with E-state index in [1.807, 2.05) is 12.3 Å². The minimum Gasteiger partial charge on any atom is -0.469 e. The molecule has 4 nitrogen and oxygen atoms in total. The Morgan fingerprint density at radius 3 is 3.19 bits per heavy atom. The average Bonchev–Trinajstić information content (AvgIpc) is 2.54. The molecule has 1 fully saturated rings. The van der Waals surface area contributed by atoms with Gasteiger partial charge in [-0.05, 0) is 43.1 Å². The van der Waals surface area contributed by atoms with Gasteiger partial charge in [-0.2, -0.15) is 0 Å². The smallest absolute Gasteiger partial charge is 0.309 e. The fraction of sp³-hybridized carbons (Fsp3) is 0.412. The van der Waals surface area contributed by atoms with Gasteiger partial charge in [0.15, 0.2) is 0 Å². The predicted molar refractivity (Wildman–Crippen MR) is 81.8 cm³/mol. The average molecular weight is 284 g/mol. The van der Waals surface area contributed by atoms with Gasteiger partial charge in [-0.25, -0.2) is 0 Å². The highest BCUT2D eigenvalue weighted by atomic mass is 16.5. The van der Waals surface area contributed by atoms with E-state index >= 15 is 0 Å². The molecule has 110 valence electrons. The molecule has 1 aliphatic rings. The van der Waals surface area contributed by atoms with Gasteiger partial charge in [-0.3, -0.25) is 14.7 Å². The molecule has 0 amide bonds. The first-order chi connectivity index (χ1) is 10.3. The second kappa shape index (κ2) is 6.22. The van der Waals surface area contributed by atoms with E-state index in [4.69, 9.17) is 4.74 Å². The number of benzene rings is 1. The van der Waals surface area contributed by atoms with E-state index in [0.717, 1.165) is 43.4 Å². The van der Waals surface area contributed by atoms with E-state index in [2.05, 4.69) is 34.1 Å². The van der Waals surface area contributed by atoms with Crippen molar-refractivity contribution in [1.29, 1.82) is 0 Å². The molecule has 2 aromatic rings.